The number of ether oxygens (including phenoxy) is 1. The van der Waals surface area contributed by atoms with Gasteiger partial charge in [-0.3, -0.25) is 9.69 Å². The molecule has 2 amide bonds. The highest BCUT2D eigenvalue weighted by atomic mass is 16.6. The lowest BCUT2D eigenvalue weighted by Crippen LogP contribution is -2.33. The molecule has 3 aromatic rings. The first kappa shape index (κ1) is 21.0. The number of rotatable bonds is 7. The highest BCUT2D eigenvalue weighted by Crippen LogP contribution is 2.21. The first-order chi connectivity index (χ1) is 15.4. The number of pyridine rings is 1. The molecule has 10 heteroatoms. The number of nitrogens with one attached hydrogen (secondary N) is 3. The second-order valence-corrected chi connectivity index (χ2v) is 7.32. The van der Waals surface area contributed by atoms with Crippen LogP contribution >= 0.6 is 0 Å². The third-order valence-corrected chi connectivity index (χ3v) is 4.63. The Morgan fingerprint density at radius 1 is 1.00 bits per heavy atom. The number of carbonyl (C=O) groups is 2. The van der Waals surface area contributed by atoms with E-state index in [0.717, 1.165) is 11.3 Å². The standard InChI is InChI=1S/C22H23N7O3/c1-14-7-8-23-18(11-14)28-20-12-19(24-15(2)25-20)26-16-3-5-17(6-4-16)27-21(30)13-29-9-10-32-22(29)31/h3-8,11-12H,9-10,13H2,1-2H3,(H,27,30)(H2,23,24,25,26,28). The van der Waals surface area contributed by atoms with Crippen LogP contribution in [0.1, 0.15) is 11.4 Å². The number of nitrogens with zero attached hydrogens (tertiary/aromatic N) is 4. The van der Waals surface area contributed by atoms with E-state index in [-0.39, 0.29) is 12.5 Å². The lowest BCUT2D eigenvalue weighted by molar-refractivity contribution is -0.116. The molecule has 3 N–H and O–H groups in total. The summed E-state index contributed by atoms with van der Waals surface area (Å²) in [6.07, 6.45) is 1.27. The van der Waals surface area contributed by atoms with Gasteiger partial charge in [0.25, 0.3) is 0 Å². The van der Waals surface area contributed by atoms with Crippen LogP contribution in [-0.4, -0.2) is 51.5 Å². The molecule has 10 nitrogen and oxygen atoms in total. The Bertz CT molecular complexity index is 1130. The molecule has 1 fully saturated rings. The van der Waals surface area contributed by atoms with E-state index in [9.17, 15) is 9.59 Å². The third kappa shape index (κ3) is 5.48. The Kier molecular flexibility index (Phi) is 6.11. The summed E-state index contributed by atoms with van der Waals surface area (Å²) >= 11 is 0. The summed E-state index contributed by atoms with van der Waals surface area (Å²) in [6, 6.07) is 12.8. The van der Waals surface area contributed by atoms with Crippen LogP contribution in [-0.2, 0) is 9.53 Å². The molecule has 3 heterocycles. The van der Waals surface area contributed by atoms with E-state index in [2.05, 4.69) is 30.9 Å². The predicted octanol–water partition coefficient (Wildman–Crippen LogP) is 3.37. The highest BCUT2D eigenvalue weighted by Gasteiger charge is 2.24. The van der Waals surface area contributed by atoms with E-state index in [0.29, 0.717) is 42.1 Å². The van der Waals surface area contributed by atoms with Crippen LogP contribution in [0.2, 0.25) is 0 Å². The summed E-state index contributed by atoms with van der Waals surface area (Å²) in [6.45, 7) is 4.51. The summed E-state index contributed by atoms with van der Waals surface area (Å²) in [5.74, 6) is 2.28. The van der Waals surface area contributed by atoms with Crippen molar-refractivity contribution in [1.29, 1.82) is 0 Å². The topological polar surface area (TPSA) is 121 Å². The number of aromatic nitrogens is 3. The number of cyclic esters (lactones) is 1. The Hall–Kier alpha value is -4.21. The second-order valence-electron chi connectivity index (χ2n) is 7.32. The van der Waals surface area contributed by atoms with Gasteiger partial charge in [-0.2, -0.15) is 0 Å². The quantitative estimate of drug-likeness (QED) is 0.519. The summed E-state index contributed by atoms with van der Waals surface area (Å²) in [5.41, 5.74) is 2.52. The summed E-state index contributed by atoms with van der Waals surface area (Å²) in [4.78, 5) is 38.1. The van der Waals surface area contributed by atoms with Crippen molar-refractivity contribution in [3.8, 4) is 0 Å². The number of amides is 2. The number of anilines is 5. The molecule has 1 saturated heterocycles. The zero-order valence-electron chi connectivity index (χ0n) is 17.8. The molecule has 164 valence electrons. The monoisotopic (exact) mass is 433 g/mol. The van der Waals surface area contributed by atoms with Crippen molar-refractivity contribution in [3.05, 3.63) is 60.0 Å². The van der Waals surface area contributed by atoms with Crippen molar-refractivity contribution in [3.63, 3.8) is 0 Å². The number of hydrogen-bond donors (Lipinski definition) is 3. The summed E-state index contributed by atoms with van der Waals surface area (Å²) < 4.78 is 4.82. The van der Waals surface area contributed by atoms with E-state index >= 15 is 0 Å². The molecular weight excluding hydrogens is 410 g/mol. The minimum absolute atomic E-state index is 0.0371. The van der Waals surface area contributed by atoms with Gasteiger partial charge in [0.15, 0.2) is 0 Å². The van der Waals surface area contributed by atoms with Gasteiger partial charge in [0.2, 0.25) is 5.91 Å². The lowest BCUT2D eigenvalue weighted by atomic mass is 10.2. The van der Waals surface area contributed by atoms with Crippen LogP contribution in [0.15, 0.2) is 48.7 Å². The van der Waals surface area contributed by atoms with E-state index in [4.69, 9.17) is 4.74 Å². The molecule has 1 aromatic carbocycles. The lowest BCUT2D eigenvalue weighted by Gasteiger charge is -2.13. The number of aryl methyl sites for hydroxylation is 2. The van der Waals surface area contributed by atoms with Crippen LogP contribution in [0.4, 0.5) is 33.6 Å². The van der Waals surface area contributed by atoms with Gasteiger partial charge in [0, 0.05) is 23.6 Å². The van der Waals surface area contributed by atoms with Gasteiger partial charge < -0.3 is 20.7 Å². The highest BCUT2D eigenvalue weighted by molar-refractivity contribution is 5.94. The molecule has 0 aliphatic carbocycles. The van der Waals surface area contributed by atoms with Crippen molar-refractivity contribution in [2.24, 2.45) is 0 Å². The fourth-order valence-electron chi connectivity index (χ4n) is 3.16. The van der Waals surface area contributed by atoms with Gasteiger partial charge in [0.05, 0.1) is 6.54 Å². The maximum Gasteiger partial charge on any atom is 0.410 e. The molecule has 1 aliphatic rings. The Labute approximate surface area is 185 Å². The first-order valence-electron chi connectivity index (χ1n) is 10.1. The Morgan fingerprint density at radius 2 is 1.72 bits per heavy atom. The molecular formula is C22H23N7O3. The minimum Gasteiger partial charge on any atom is -0.448 e. The second kappa shape index (κ2) is 9.29. The molecule has 0 spiro atoms. The van der Waals surface area contributed by atoms with Gasteiger partial charge in [-0.05, 0) is 55.8 Å². The number of benzene rings is 1. The van der Waals surface area contributed by atoms with E-state index in [1.165, 1.54) is 4.90 Å². The number of hydrogen-bond acceptors (Lipinski definition) is 8. The molecule has 0 bridgehead atoms. The van der Waals surface area contributed by atoms with Crippen LogP contribution in [0, 0.1) is 13.8 Å². The van der Waals surface area contributed by atoms with Gasteiger partial charge >= 0.3 is 6.09 Å². The molecule has 4 rings (SSSR count). The van der Waals surface area contributed by atoms with Crippen molar-refractivity contribution < 1.29 is 14.3 Å². The molecule has 2 aromatic heterocycles. The first-order valence-corrected chi connectivity index (χ1v) is 10.1. The van der Waals surface area contributed by atoms with Crippen LogP contribution in [0.3, 0.4) is 0 Å². The molecule has 32 heavy (non-hydrogen) atoms. The predicted molar refractivity (Wildman–Crippen MR) is 120 cm³/mol. The van der Waals surface area contributed by atoms with Crippen molar-refractivity contribution in [2.75, 3.05) is 35.6 Å². The smallest absolute Gasteiger partial charge is 0.410 e. The fourth-order valence-corrected chi connectivity index (χ4v) is 3.16. The van der Waals surface area contributed by atoms with E-state index < -0.39 is 6.09 Å². The Morgan fingerprint density at radius 3 is 2.41 bits per heavy atom. The zero-order valence-corrected chi connectivity index (χ0v) is 17.8. The maximum absolute atomic E-state index is 12.1. The summed E-state index contributed by atoms with van der Waals surface area (Å²) in [7, 11) is 0. The Balaban J connectivity index is 1.38. The summed E-state index contributed by atoms with van der Waals surface area (Å²) in [5, 5.41) is 9.19. The van der Waals surface area contributed by atoms with Crippen LogP contribution in [0.5, 0.6) is 0 Å². The fraction of sp³-hybridized carbons (Fsp3) is 0.227. The average Bonchev–Trinajstić information content (AvgIpc) is 3.13. The molecule has 0 atom stereocenters. The van der Waals surface area contributed by atoms with Gasteiger partial charge in [-0.1, -0.05) is 0 Å². The van der Waals surface area contributed by atoms with Crippen molar-refractivity contribution >= 4 is 40.8 Å². The zero-order chi connectivity index (χ0) is 22.5. The van der Waals surface area contributed by atoms with Gasteiger partial charge in [0.1, 0.15) is 36.4 Å². The maximum atomic E-state index is 12.1. The van der Waals surface area contributed by atoms with Crippen LogP contribution in [0.25, 0.3) is 0 Å². The van der Waals surface area contributed by atoms with Gasteiger partial charge in [-0.15, -0.1) is 0 Å². The van der Waals surface area contributed by atoms with E-state index in [1.54, 1.807) is 24.4 Å². The number of carbonyl (C=O) groups excluding carboxylic acids is 2. The molecule has 0 saturated carbocycles. The van der Waals surface area contributed by atoms with Crippen molar-refractivity contribution in [2.45, 2.75) is 13.8 Å². The average molecular weight is 433 g/mol. The molecule has 0 radical (unpaired) electrons. The minimum atomic E-state index is -0.466. The van der Waals surface area contributed by atoms with E-state index in [1.807, 2.05) is 38.1 Å². The largest absolute Gasteiger partial charge is 0.448 e. The SMILES string of the molecule is Cc1ccnc(Nc2cc(Nc3ccc(NC(=O)CN4CCOC4=O)cc3)nc(C)n2)c1. The third-order valence-electron chi connectivity index (χ3n) is 4.63. The molecule has 0 unspecified atom stereocenters. The molecule has 1 aliphatic heterocycles. The van der Waals surface area contributed by atoms with Crippen molar-refractivity contribution in [1.82, 2.24) is 19.9 Å². The van der Waals surface area contributed by atoms with Gasteiger partial charge in [-0.25, -0.2) is 19.7 Å². The van der Waals surface area contributed by atoms with Crippen LogP contribution < -0.4 is 16.0 Å². The normalized spacial score (nSPS) is 12.9.